The van der Waals surface area contributed by atoms with Gasteiger partial charge in [0.05, 0.1) is 26.3 Å². The first-order chi connectivity index (χ1) is 16.5. The van der Waals surface area contributed by atoms with Gasteiger partial charge in [-0.05, 0) is 44.0 Å². The van der Waals surface area contributed by atoms with E-state index in [1.807, 2.05) is 30.0 Å². The Kier molecular flexibility index (Phi) is 7.06. The summed E-state index contributed by atoms with van der Waals surface area (Å²) in [6.07, 6.45) is 4.52. The highest BCUT2D eigenvalue weighted by Crippen LogP contribution is 2.32. The Bertz CT molecular complexity index is 1170. The minimum Gasteiger partial charge on any atom is -0.496 e. The number of nitrogens with zero attached hydrogens (tertiary/aromatic N) is 3. The maximum atomic E-state index is 13.6. The van der Waals surface area contributed by atoms with E-state index in [9.17, 15) is 9.59 Å². The fraction of sp³-hybridized carbons (Fsp3) is 0.308. The first kappa shape index (κ1) is 23.2. The molecular weight excluding hydrogens is 434 g/mol. The van der Waals surface area contributed by atoms with Crippen molar-refractivity contribution in [1.29, 1.82) is 0 Å². The SMILES string of the molecule is COC(=O)c1c(OC)cccc1O[C@@H]1CC[C@@H](C)N(C(=O)c2ccccc2-c2ncccn2)C1. The van der Waals surface area contributed by atoms with E-state index in [0.29, 0.717) is 35.0 Å². The van der Waals surface area contributed by atoms with Gasteiger partial charge in [0.1, 0.15) is 23.2 Å². The van der Waals surface area contributed by atoms with Crippen molar-refractivity contribution in [3.63, 3.8) is 0 Å². The normalized spacial score (nSPS) is 17.7. The van der Waals surface area contributed by atoms with Gasteiger partial charge >= 0.3 is 5.97 Å². The molecule has 1 aliphatic rings. The number of amides is 1. The lowest BCUT2D eigenvalue weighted by Crippen LogP contribution is -2.49. The topological polar surface area (TPSA) is 90.9 Å². The summed E-state index contributed by atoms with van der Waals surface area (Å²) in [6.45, 7) is 2.41. The number of benzene rings is 2. The molecular formula is C26H27N3O5. The van der Waals surface area contributed by atoms with Gasteiger partial charge in [0, 0.05) is 24.0 Å². The molecule has 0 radical (unpaired) electrons. The van der Waals surface area contributed by atoms with E-state index in [4.69, 9.17) is 14.2 Å². The third kappa shape index (κ3) is 4.71. The molecule has 1 saturated heterocycles. The van der Waals surface area contributed by atoms with Crippen LogP contribution in [0, 0.1) is 0 Å². The molecule has 2 heterocycles. The Morgan fingerprint density at radius 1 is 0.941 bits per heavy atom. The Hall–Kier alpha value is -3.94. The van der Waals surface area contributed by atoms with Crippen LogP contribution in [0.4, 0.5) is 0 Å². The molecule has 34 heavy (non-hydrogen) atoms. The van der Waals surface area contributed by atoms with Crippen molar-refractivity contribution in [1.82, 2.24) is 14.9 Å². The maximum absolute atomic E-state index is 13.6. The average molecular weight is 462 g/mol. The van der Waals surface area contributed by atoms with Gasteiger partial charge in [-0.15, -0.1) is 0 Å². The summed E-state index contributed by atoms with van der Waals surface area (Å²) in [6, 6.07) is 14.3. The molecule has 1 amide bonds. The molecule has 3 aromatic rings. The summed E-state index contributed by atoms with van der Waals surface area (Å²) in [5.41, 5.74) is 1.46. The lowest BCUT2D eigenvalue weighted by atomic mass is 9.98. The summed E-state index contributed by atoms with van der Waals surface area (Å²) in [5, 5.41) is 0. The first-order valence-corrected chi connectivity index (χ1v) is 11.1. The summed E-state index contributed by atoms with van der Waals surface area (Å²) in [5.74, 6) is 0.599. The Morgan fingerprint density at radius 2 is 1.68 bits per heavy atom. The number of rotatable bonds is 6. The molecule has 0 bridgehead atoms. The number of ether oxygens (including phenoxy) is 3. The number of aromatic nitrogens is 2. The van der Waals surface area contributed by atoms with Gasteiger partial charge in [-0.25, -0.2) is 14.8 Å². The third-order valence-corrected chi connectivity index (χ3v) is 5.95. The quantitative estimate of drug-likeness (QED) is 0.512. The van der Waals surface area contributed by atoms with E-state index in [2.05, 4.69) is 9.97 Å². The van der Waals surface area contributed by atoms with E-state index < -0.39 is 5.97 Å². The molecule has 176 valence electrons. The standard InChI is InChI=1S/C26H27N3O5/c1-17-12-13-18(34-22-11-6-10-21(32-2)23(22)26(31)33-3)16-29(17)25(30)20-9-5-4-8-19(20)24-27-14-7-15-28-24/h4-11,14-15,17-18H,12-13,16H2,1-3H3/t17-,18-/m1/s1. The van der Waals surface area contributed by atoms with Crippen LogP contribution >= 0.6 is 0 Å². The Morgan fingerprint density at radius 3 is 2.41 bits per heavy atom. The molecule has 8 nitrogen and oxygen atoms in total. The zero-order chi connectivity index (χ0) is 24.1. The fourth-order valence-corrected chi connectivity index (χ4v) is 4.17. The molecule has 0 spiro atoms. The fourth-order valence-electron chi connectivity index (χ4n) is 4.17. The van der Waals surface area contributed by atoms with Gasteiger partial charge in [0.2, 0.25) is 0 Å². The number of carbonyl (C=O) groups excluding carboxylic acids is 2. The van der Waals surface area contributed by atoms with Crippen LogP contribution in [-0.2, 0) is 4.74 Å². The van der Waals surface area contributed by atoms with Crippen LogP contribution in [0.5, 0.6) is 11.5 Å². The van der Waals surface area contributed by atoms with Crippen molar-refractivity contribution in [2.45, 2.75) is 31.9 Å². The van der Waals surface area contributed by atoms with Crippen molar-refractivity contribution < 1.29 is 23.8 Å². The summed E-state index contributed by atoms with van der Waals surface area (Å²) in [7, 11) is 2.80. The molecule has 1 aliphatic heterocycles. The second-order valence-electron chi connectivity index (χ2n) is 8.07. The number of likely N-dealkylation sites (tertiary alicyclic amines) is 1. The van der Waals surface area contributed by atoms with Crippen LogP contribution in [0.2, 0.25) is 0 Å². The smallest absolute Gasteiger partial charge is 0.345 e. The number of carbonyl (C=O) groups is 2. The minimum absolute atomic E-state index is 0.0301. The highest BCUT2D eigenvalue weighted by atomic mass is 16.5. The van der Waals surface area contributed by atoms with Crippen LogP contribution in [0.25, 0.3) is 11.4 Å². The van der Waals surface area contributed by atoms with E-state index in [0.717, 1.165) is 12.8 Å². The van der Waals surface area contributed by atoms with Crippen LogP contribution < -0.4 is 9.47 Å². The van der Waals surface area contributed by atoms with Gasteiger partial charge in [-0.2, -0.15) is 0 Å². The average Bonchev–Trinajstić information content (AvgIpc) is 2.89. The molecule has 4 rings (SSSR count). The highest BCUT2D eigenvalue weighted by molar-refractivity contribution is 6.00. The number of piperidine rings is 1. The molecule has 8 heteroatoms. The van der Waals surface area contributed by atoms with Crippen molar-refractivity contribution >= 4 is 11.9 Å². The van der Waals surface area contributed by atoms with Gasteiger partial charge in [-0.1, -0.05) is 24.3 Å². The van der Waals surface area contributed by atoms with Gasteiger partial charge < -0.3 is 19.1 Å². The lowest BCUT2D eigenvalue weighted by molar-refractivity contribution is 0.0371. The van der Waals surface area contributed by atoms with E-state index in [1.54, 1.807) is 42.7 Å². The predicted octanol–water partition coefficient (Wildman–Crippen LogP) is 4.01. The summed E-state index contributed by atoms with van der Waals surface area (Å²) >= 11 is 0. The van der Waals surface area contributed by atoms with Crippen LogP contribution in [-0.4, -0.2) is 59.7 Å². The monoisotopic (exact) mass is 461 g/mol. The molecule has 1 aromatic heterocycles. The Labute approximate surface area is 198 Å². The first-order valence-electron chi connectivity index (χ1n) is 11.1. The predicted molar refractivity (Wildman–Crippen MR) is 126 cm³/mol. The number of hydrogen-bond donors (Lipinski definition) is 0. The zero-order valence-corrected chi connectivity index (χ0v) is 19.4. The summed E-state index contributed by atoms with van der Waals surface area (Å²) < 4.78 is 16.5. The van der Waals surface area contributed by atoms with Crippen LogP contribution in [0.1, 0.15) is 40.5 Å². The van der Waals surface area contributed by atoms with Gasteiger partial charge in [0.15, 0.2) is 5.82 Å². The van der Waals surface area contributed by atoms with Crippen molar-refractivity contribution in [3.05, 3.63) is 72.1 Å². The van der Waals surface area contributed by atoms with Crippen LogP contribution in [0.3, 0.4) is 0 Å². The van der Waals surface area contributed by atoms with Crippen molar-refractivity contribution in [2.24, 2.45) is 0 Å². The third-order valence-electron chi connectivity index (χ3n) is 5.95. The summed E-state index contributed by atoms with van der Waals surface area (Å²) in [4.78, 5) is 36.5. The second-order valence-corrected chi connectivity index (χ2v) is 8.07. The number of methoxy groups -OCH3 is 2. The maximum Gasteiger partial charge on any atom is 0.345 e. The van der Waals surface area contributed by atoms with Gasteiger partial charge in [-0.3, -0.25) is 4.79 Å². The number of hydrogen-bond acceptors (Lipinski definition) is 7. The highest BCUT2D eigenvalue weighted by Gasteiger charge is 2.33. The lowest BCUT2D eigenvalue weighted by Gasteiger charge is -2.38. The minimum atomic E-state index is -0.540. The molecule has 0 saturated carbocycles. The molecule has 1 fully saturated rings. The van der Waals surface area contributed by atoms with Crippen molar-refractivity contribution in [2.75, 3.05) is 20.8 Å². The zero-order valence-electron chi connectivity index (χ0n) is 19.4. The largest absolute Gasteiger partial charge is 0.496 e. The van der Waals surface area contributed by atoms with Gasteiger partial charge in [0.25, 0.3) is 5.91 Å². The van der Waals surface area contributed by atoms with Crippen molar-refractivity contribution in [3.8, 4) is 22.9 Å². The van der Waals surface area contributed by atoms with E-state index >= 15 is 0 Å². The Balaban J connectivity index is 1.59. The van der Waals surface area contributed by atoms with E-state index in [-0.39, 0.29) is 23.6 Å². The van der Waals surface area contributed by atoms with Crippen LogP contribution in [0.15, 0.2) is 60.9 Å². The molecule has 0 aliphatic carbocycles. The molecule has 0 unspecified atom stereocenters. The molecule has 2 atom stereocenters. The molecule has 2 aromatic carbocycles. The second kappa shape index (κ2) is 10.3. The number of esters is 1. The molecule has 0 N–H and O–H groups in total. The van der Waals surface area contributed by atoms with E-state index in [1.165, 1.54) is 14.2 Å².